The minimum absolute atomic E-state index is 0.176. The zero-order chi connectivity index (χ0) is 28.5. The second kappa shape index (κ2) is 13.5. The minimum atomic E-state index is -2.95. The molecule has 0 amide bonds. The average Bonchev–Trinajstić information content (AvgIpc) is 2.95. The van der Waals surface area contributed by atoms with Crippen LogP contribution in [0.2, 0.25) is 0 Å². The smallest absolute Gasteiger partial charge is 0.162 e. The Hall–Kier alpha value is -3.89. The molecule has 0 radical (unpaired) electrons. The first-order chi connectivity index (χ1) is 19.2. The Morgan fingerprint density at radius 3 is 2.42 bits per heavy atom. The lowest BCUT2D eigenvalue weighted by molar-refractivity contribution is 0.306. The van der Waals surface area contributed by atoms with Gasteiger partial charge in [-0.3, -0.25) is 0 Å². The number of methoxy groups -OCH3 is 1. The number of nitrogens with zero attached hydrogens (tertiary/aromatic N) is 3. The van der Waals surface area contributed by atoms with Crippen molar-refractivity contribution in [3.05, 3.63) is 72.3 Å². The van der Waals surface area contributed by atoms with Crippen LogP contribution >= 0.6 is 0 Å². The maximum atomic E-state index is 11.4. The predicted molar refractivity (Wildman–Crippen MR) is 162 cm³/mol. The van der Waals surface area contributed by atoms with Crippen LogP contribution in [-0.4, -0.2) is 69.1 Å². The van der Waals surface area contributed by atoms with E-state index in [2.05, 4.69) is 10.3 Å². The van der Waals surface area contributed by atoms with Gasteiger partial charge in [-0.15, -0.1) is 0 Å². The molecule has 9 nitrogen and oxygen atoms in total. The molecular formula is C30H37N5O4S. The van der Waals surface area contributed by atoms with Gasteiger partial charge >= 0.3 is 0 Å². The Bertz CT molecular complexity index is 1510. The van der Waals surface area contributed by atoms with Gasteiger partial charge in [0.25, 0.3) is 0 Å². The van der Waals surface area contributed by atoms with E-state index in [-0.39, 0.29) is 5.75 Å². The van der Waals surface area contributed by atoms with E-state index in [1.165, 1.54) is 6.26 Å². The molecule has 212 valence electrons. The molecule has 0 bridgehead atoms. The number of benzene rings is 3. The van der Waals surface area contributed by atoms with E-state index >= 15 is 0 Å². The van der Waals surface area contributed by atoms with Crippen LogP contribution in [0, 0.1) is 0 Å². The molecule has 0 saturated carbocycles. The largest absolute Gasteiger partial charge is 0.495 e. The van der Waals surface area contributed by atoms with Gasteiger partial charge in [-0.25, -0.2) is 18.4 Å². The van der Waals surface area contributed by atoms with E-state index in [9.17, 15) is 8.42 Å². The summed E-state index contributed by atoms with van der Waals surface area (Å²) in [6, 6.07) is 21.5. The number of hydrogen-bond acceptors (Lipinski definition) is 9. The summed E-state index contributed by atoms with van der Waals surface area (Å²) in [6.07, 6.45) is 3.12. The topological polar surface area (TPSA) is 120 Å². The number of nitrogen functional groups attached to an aromatic ring is 1. The summed E-state index contributed by atoms with van der Waals surface area (Å²) < 4.78 is 34.2. The highest BCUT2D eigenvalue weighted by atomic mass is 32.2. The number of nitrogens with one attached hydrogen (secondary N) is 1. The van der Waals surface area contributed by atoms with Crippen LogP contribution in [0.1, 0.15) is 18.4 Å². The van der Waals surface area contributed by atoms with Gasteiger partial charge in [0.2, 0.25) is 0 Å². The zero-order valence-electron chi connectivity index (χ0n) is 23.3. The summed E-state index contributed by atoms with van der Waals surface area (Å²) in [7, 11) is 0.616. The second-order valence-corrected chi connectivity index (χ2v) is 12.1. The van der Waals surface area contributed by atoms with Crippen molar-refractivity contribution in [1.29, 1.82) is 0 Å². The molecule has 0 atom stereocenters. The molecule has 4 rings (SSSR count). The van der Waals surface area contributed by atoms with Gasteiger partial charge in [-0.2, -0.15) is 0 Å². The van der Waals surface area contributed by atoms with Crippen molar-refractivity contribution in [1.82, 2.24) is 14.9 Å². The number of anilines is 2. The lowest BCUT2D eigenvalue weighted by atomic mass is 10.1. The third-order valence-corrected chi connectivity index (χ3v) is 7.46. The first kappa shape index (κ1) is 29.1. The van der Waals surface area contributed by atoms with E-state index < -0.39 is 9.84 Å². The van der Waals surface area contributed by atoms with E-state index in [0.717, 1.165) is 59.4 Å². The monoisotopic (exact) mass is 563 g/mol. The molecule has 0 aliphatic rings. The molecule has 4 aromatic rings. The Balaban J connectivity index is 1.40. The van der Waals surface area contributed by atoms with Crippen molar-refractivity contribution >= 4 is 32.2 Å². The summed E-state index contributed by atoms with van der Waals surface area (Å²) in [5, 5.41) is 4.17. The molecule has 0 aliphatic heterocycles. The van der Waals surface area contributed by atoms with Crippen LogP contribution in [0.15, 0.2) is 66.7 Å². The van der Waals surface area contributed by atoms with Gasteiger partial charge < -0.3 is 25.4 Å². The van der Waals surface area contributed by atoms with Crippen molar-refractivity contribution in [2.45, 2.75) is 19.4 Å². The number of ether oxygens (including phenoxy) is 2. The van der Waals surface area contributed by atoms with E-state index in [0.29, 0.717) is 30.5 Å². The fourth-order valence-electron chi connectivity index (χ4n) is 4.22. The molecule has 3 N–H and O–H groups in total. The zero-order valence-corrected chi connectivity index (χ0v) is 24.1. The fourth-order valence-corrected chi connectivity index (χ4v) is 4.86. The first-order valence-electron chi connectivity index (χ1n) is 13.2. The van der Waals surface area contributed by atoms with Gasteiger partial charge in [0, 0.05) is 30.3 Å². The van der Waals surface area contributed by atoms with Crippen molar-refractivity contribution in [3.8, 4) is 22.9 Å². The number of fused-ring (bicyclic) bond motifs is 1. The summed E-state index contributed by atoms with van der Waals surface area (Å²) in [6.45, 7) is 2.60. The van der Waals surface area contributed by atoms with Crippen LogP contribution < -0.4 is 20.5 Å². The van der Waals surface area contributed by atoms with E-state index in [1.54, 1.807) is 7.11 Å². The maximum Gasteiger partial charge on any atom is 0.162 e. The van der Waals surface area contributed by atoms with E-state index in [1.807, 2.05) is 78.7 Å². The molecular weight excluding hydrogens is 526 g/mol. The molecule has 1 heterocycles. The number of sulfone groups is 1. The number of aromatic nitrogens is 2. The lowest BCUT2D eigenvalue weighted by Gasteiger charge is -2.16. The van der Waals surface area contributed by atoms with Crippen molar-refractivity contribution in [2.24, 2.45) is 0 Å². The first-order valence-corrected chi connectivity index (χ1v) is 15.3. The van der Waals surface area contributed by atoms with Crippen LogP contribution in [0.3, 0.4) is 0 Å². The fraction of sp³-hybridized carbons (Fsp3) is 0.333. The summed E-state index contributed by atoms with van der Waals surface area (Å²) in [5.41, 5.74) is 9.83. The predicted octanol–water partition coefficient (Wildman–Crippen LogP) is 4.64. The summed E-state index contributed by atoms with van der Waals surface area (Å²) in [4.78, 5) is 11.4. The quantitative estimate of drug-likeness (QED) is 0.212. The second-order valence-electron chi connectivity index (χ2n) is 9.87. The molecule has 40 heavy (non-hydrogen) atoms. The highest BCUT2D eigenvalue weighted by Crippen LogP contribution is 2.33. The normalized spacial score (nSPS) is 11.6. The molecule has 0 fully saturated rings. The summed E-state index contributed by atoms with van der Waals surface area (Å²) >= 11 is 0. The molecule has 0 spiro atoms. The van der Waals surface area contributed by atoms with Crippen molar-refractivity contribution in [2.75, 3.05) is 56.9 Å². The third kappa shape index (κ3) is 8.30. The number of hydrogen-bond donors (Lipinski definition) is 2. The van der Waals surface area contributed by atoms with Gasteiger partial charge in [-0.05, 0) is 68.4 Å². The lowest BCUT2D eigenvalue weighted by Crippen LogP contribution is -2.26. The third-order valence-electron chi connectivity index (χ3n) is 6.53. The highest BCUT2D eigenvalue weighted by molar-refractivity contribution is 7.90. The number of nitrogens with two attached hydrogens (primary N) is 1. The Kier molecular flexibility index (Phi) is 9.79. The van der Waals surface area contributed by atoms with Gasteiger partial charge in [-0.1, -0.05) is 30.3 Å². The number of unbranched alkanes of at least 4 members (excludes halogenated alkanes) is 1. The van der Waals surface area contributed by atoms with Gasteiger partial charge in [0.15, 0.2) is 5.82 Å². The van der Waals surface area contributed by atoms with E-state index in [4.69, 9.17) is 20.2 Å². The van der Waals surface area contributed by atoms with Crippen LogP contribution in [-0.2, 0) is 16.4 Å². The standard InChI is InChI=1S/C30H37N5O4S/c1-35(17-18-40(3,36)37)16-8-7-15-32-27-20-26-25(19-28(27)38-2)29(31)34-30(33-26)23-11-13-24(14-12-23)39-21-22-9-5-4-6-10-22/h4-6,9-14,19-20,32H,7-8,15-18,21H2,1-3H3,(H2,31,33,34). The molecule has 1 aromatic heterocycles. The summed E-state index contributed by atoms with van der Waals surface area (Å²) in [5.74, 6) is 2.52. The van der Waals surface area contributed by atoms with Gasteiger partial charge in [0.05, 0.1) is 24.1 Å². The van der Waals surface area contributed by atoms with Crippen LogP contribution in [0.4, 0.5) is 11.5 Å². The SMILES string of the molecule is COc1cc2c(N)nc(-c3ccc(OCc4ccccc4)cc3)nc2cc1NCCCCN(C)CCS(C)(=O)=O. The van der Waals surface area contributed by atoms with Crippen LogP contribution in [0.5, 0.6) is 11.5 Å². The molecule has 0 saturated heterocycles. The number of rotatable bonds is 14. The minimum Gasteiger partial charge on any atom is -0.495 e. The Labute approximate surface area is 236 Å². The van der Waals surface area contributed by atoms with Crippen LogP contribution in [0.25, 0.3) is 22.3 Å². The van der Waals surface area contributed by atoms with Crippen molar-refractivity contribution in [3.63, 3.8) is 0 Å². The average molecular weight is 564 g/mol. The van der Waals surface area contributed by atoms with Crippen molar-refractivity contribution < 1.29 is 17.9 Å². The molecule has 0 aliphatic carbocycles. The Morgan fingerprint density at radius 2 is 1.73 bits per heavy atom. The molecule has 10 heteroatoms. The maximum absolute atomic E-state index is 11.4. The highest BCUT2D eigenvalue weighted by Gasteiger charge is 2.13. The van der Waals surface area contributed by atoms with Gasteiger partial charge in [0.1, 0.15) is 33.8 Å². The Morgan fingerprint density at radius 1 is 0.975 bits per heavy atom. The molecule has 3 aromatic carbocycles. The molecule has 0 unspecified atom stereocenters.